The van der Waals surface area contributed by atoms with Crippen molar-refractivity contribution in [1.82, 2.24) is 0 Å². The first-order valence-corrected chi connectivity index (χ1v) is 10.7. The van der Waals surface area contributed by atoms with Crippen molar-refractivity contribution in [3.8, 4) is 5.75 Å². The number of amides is 1. The number of esters is 1. The summed E-state index contributed by atoms with van der Waals surface area (Å²) in [6, 6.07) is 13.5. The number of ether oxygens (including phenoxy) is 2. The van der Waals surface area contributed by atoms with E-state index in [0.717, 1.165) is 23.3 Å². The SMILES string of the molecule is CCOC(=O)/C=C/c1cccc(NC(=O)C(C)(C)CCCOc2cc(C)ccc2C)c1. The summed E-state index contributed by atoms with van der Waals surface area (Å²) in [5, 5.41) is 2.98. The van der Waals surface area contributed by atoms with Crippen molar-refractivity contribution in [3.63, 3.8) is 0 Å². The maximum absolute atomic E-state index is 12.8. The van der Waals surface area contributed by atoms with Crippen LogP contribution in [0.15, 0.2) is 48.5 Å². The van der Waals surface area contributed by atoms with Gasteiger partial charge in [-0.05, 0) is 74.6 Å². The molecule has 1 N–H and O–H groups in total. The Kier molecular flexibility index (Phi) is 8.86. The fraction of sp³-hybridized carbons (Fsp3) is 0.385. The molecule has 5 nitrogen and oxygen atoms in total. The summed E-state index contributed by atoms with van der Waals surface area (Å²) in [5.74, 6) is 0.460. The van der Waals surface area contributed by atoms with Crippen LogP contribution >= 0.6 is 0 Å². The van der Waals surface area contributed by atoms with Crippen molar-refractivity contribution in [1.29, 1.82) is 0 Å². The highest BCUT2D eigenvalue weighted by molar-refractivity contribution is 5.95. The van der Waals surface area contributed by atoms with E-state index in [9.17, 15) is 9.59 Å². The van der Waals surface area contributed by atoms with Gasteiger partial charge in [-0.25, -0.2) is 4.79 Å². The van der Waals surface area contributed by atoms with Gasteiger partial charge >= 0.3 is 5.97 Å². The van der Waals surface area contributed by atoms with Crippen LogP contribution in [-0.2, 0) is 14.3 Å². The third kappa shape index (κ3) is 7.93. The largest absolute Gasteiger partial charge is 0.493 e. The summed E-state index contributed by atoms with van der Waals surface area (Å²) in [6.07, 6.45) is 4.52. The minimum atomic E-state index is -0.540. The third-order valence-electron chi connectivity index (χ3n) is 5.00. The molecular formula is C26H33NO4. The van der Waals surface area contributed by atoms with Crippen LogP contribution < -0.4 is 10.1 Å². The van der Waals surface area contributed by atoms with Gasteiger partial charge in [0.15, 0.2) is 0 Å². The molecule has 0 aliphatic heterocycles. The molecule has 0 atom stereocenters. The van der Waals surface area contributed by atoms with Gasteiger partial charge in [-0.15, -0.1) is 0 Å². The van der Waals surface area contributed by atoms with Crippen LogP contribution in [0.5, 0.6) is 5.75 Å². The van der Waals surface area contributed by atoms with E-state index in [4.69, 9.17) is 9.47 Å². The second kappa shape index (κ2) is 11.3. The zero-order valence-corrected chi connectivity index (χ0v) is 19.2. The van der Waals surface area contributed by atoms with Gasteiger partial charge in [-0.3, -0.25) is 4.79 Å². The van der Waals surface area contributed by atoms with Gasteiger partial charge in [-0.2, -0.15) is 0 Å². The molecular weight excluding hydrogens is 390 g/mol. The molecule has 2 aromatic carbocycles. The summed E-state index contributed by atoms with van der Waals surface area (Å²) in [6.45, 7) is 10.6. The summed E-state index contributed by atoms with van der Waals surface area (Å²) < 4.78 is 10.8. The summed E-state index contributed by atoms with van der Waals surface area (Å²) >= 11 is 0. The third-order valence-corrected chi connectivity index (χ3v) is 5.00. The number of anilines is 1. The van der Waals surface area contributed by atoms with E-state index in [-0.39, 0.29) is 11.9 Å². The molecule has 5 heteroatoms. The number of hydrogen-bond donors (Lipinski definition) is 1. The van der Waals surface area contributed by atoms with Gasteiger partial charge in [-0.1, -0.05) is 38.1 Å². The molecule has 0 aromatic heterocycles. The molecule has 1 amide bonds. The number of hydrogen-bond acceptors (Lipinski definition) is 4. The second-order valence-electron chi connectivity index (χ2n) is 8.27. The van der Waals surface area contributed by atoms with Gasteiger partial charge in [0.2, 0.25) is 5.91 Å². The molecule has 0 aliphatic carbocycles. The minimum absolute atomic E-state index is 0.0502. The van der Waals surface area contributed by atoms with E-state index < -0.39 is 5.41 Å². The van der Waals surface area contributed by atoms with E-state index in [1.54, 1.807) is 13.0 Å². The first-order chi connectivity index (χ1) is 14.7. The Morgan fingerprint density at radius 1 is 1.10 bits per heavy atom. The Bertz CT molecular complexity index is 931. The first-order valence-electron chi connectivity index (χ1n) is 10.7. The molecule has 0 heterocycles. The van der Waals surface area contributed by atoms with Crippen molar-refractivity contribution in [2.75, 3.05) is 18.5 Å². The molecule has 31 heavy (non-hydrogen) atoms. The normalized spacial score (nSPS) is 11.4. The second-order valence-corrected chi connectivity index (χ2v) is 8.27. The van der Waals surface area contributed by atoms with Crippen LogP contribution in [0.4, 0.5) is 5.69 Å². The Balaban J connectivity index is 1.88. The van der Waals surface area contributed by atoms with Crippen molar-refractivity contribution < 1.29 is 19.1 Å². The van der Waals surface area contributed by atoms with Gasteiger partial charge in [0.05, 0.1) is 13.2 Å². The van der Waals surface area contributed by atoms with Crippen molar-refractivity contribution in [3.05, 3.63) is 65.2 Å². The van der Waals surface area contributed by atoms with Crippen molar-refractivity contribution in [2.24, 2.45) is 5.41 Å². The quantitative estimate of drug-likeness (QED) is 0.302. The van der Waals surface area contributed by atoms with E-state index in [1.165, 1.54) is 11.6 Å². The average molecular weight is 424 g/mol. The molecule has 166 valence electrons. The average Bonchev–Trinajstić information content (AvgIpc) is 2.72. The van der Waals surface area contributed by atoms with E-state index in [1.807, 2.05) is 58.0 Å². The Labute approximate surface area is 185 Å². The van der Waals surface area contributed by atoms with Crippen molar-refractivity contribution in [2.45, 2.75) is 47.5 Å². The van der Waals surface area contributed by atoms with Crippen LogP contribution in [0.2, 0.25) is 0 Å². The lowest BCUT2D eigenvalue weighted by atomic mass is 9.87. The van der Waals surface area contributed by atoms with Gasteiger partial charge < -0.3 is 14.8 Å². The standard InChI is InChI=1S/C26H33NO4/c1-6-30-24(28)14-13-21-9-7-10-22(18-21)27-25(29)26(4,5)15-8-16-31-23-17-19(2)11-12-20(23)3/h7,9-14,17-18H,6,8,15-16H2,1-5H3,(H,27,29)/b14-13+. The van der Waals surface area contributed by atoms with Gasteiger partial charge in [0.1, 0.15) is 5.75 Å². The van der Waals surface area contributed by atoms with E-state index in [2.05, 4.69) is 17.4 Å². The van der Waals surface area contributed by atoms with Crippen LogP contribution in [0.25, 0.3) is 6.08 Å². The van der Waals surface area contributed by atoms with Crippen LogP contribution in [-0.4, -0.2) is 25.1 Å². The van der Waals surface area contributed by atoms with Crippen LogP contribution in [0.3, 0.4) is 0 Å². The highest BCUT2D eigenvalue weighted by Crippen LogP contribution is 2.26. The summed E-state index contributed by atoms with van der Waals surface area (Å²) in [5.41, 5.74) is 3.24. The molecule has 0 saturated carbocycles. The minimum Gasteiger partial charge on any atom is -0.493 e. The topological polar surface area (TPSA) is 64.6 Å². The lowest BCUT2D eigenvalue weighted by molar-refractivity contribution is -0.137. The van der Waals surface area contributed by atoms with Crippen LogP contribution in [0.1, 0.15) is 50.3 Å². The van der Waals surface area contributed by atoms with Gasteiger partial charge in [0, 0.05) is 17.2 Å². The molecule has 2 rings (SSSR count). The lowest BCUT2D eigenvalue weighted by Gasteiger charge is -2.24. The summed E-state index contributed by atoms with van der Waals surface area (Å²) in [7, 11) is 0. The molecule has 0 radical (unpaired) electrons. The fourth-order valence-corrected chi connectivity index (χ4v) is 3.05. The zero-order chi connectivity index (χ0) is 22.9. The molecule has 2 aromatic rings. The predicted octanol–water partition coefficient (Wildman–Crippen LogP) is 5.70. The molecule has 0 spiro atoms. The number of aryl methyl sites for hydroxylation is 2. The Hall–Kier alpha value is -3.08. The van der Waals surface area contributed by atoms with Crippen LogP contribution in [0, 0.1) is 19.3 Å². The smallest absolute Gasteiger partial charge is 0.330 e. The molecule has 0 aliphatic rings. The fourth-order valence-electron chi connectivity index (χ4n) is 3.05. The maximum atomic E-state index is 12.8. The molecule has 0 saturated heterocycles. The number of carbonyl (C=O) groups excluding carboxylic acids is 2. The highest BCUT2D eigenvalue weighted by Gasteiger charge is 2.27. The van der Waals surface area contributed by atoms with E-state index >= 15 is 0 Å². The zero-order valence-electron chi connectivity index (χ0n) is 19.2. The monoisotopic (exact) mass is 423 g/mol. The maximum Gasteiger partial charge on any atom is 0.330 e. The molecule has 0 bridgehead atoms. The highest BCUT2D eigenvalue weighted by atomic mass is 16.5. The number of benzene rings is 2. The van der Waals surface area contributed by atoms with Gasteiger partial charge in [0.25, 0.3) is 0 Å². The summed E-state index contributed by atoms with van der Waals surface area (Å²) in [4.78, 5) is 24.3. The molecule has 0 fully saturated rings. The number of carbonyl (C=O) groups is 2. The van der Waals surface area contributed by atoms with Crippen molar-refractivity contribution >= 4 is 23.6 Å². The number of rotatable bonds is 10. The predicted molar refractivity (Wildman–Crippen MR) is 125 cm³/mol. The number of nitrogens with one attached hydrogen (secondary N) is 1. The van der Waals surface area contributed by atoms with E-state index in [0.29, 0.717) is 25.3 Å². The Morgan fingerprint density at radius 2 is 1.87 bits per heavy atom. The molecule has 0 unspecified atom stereocenters. The first kappa shape index (κ1) is 24.2. The lowest BCUT2D eigenvalue weighted by Crippen LogP contribution is -2.31. The Morgan fingerprint density at radius 3 is 2.61 bits per heavy atom.